The van der Waals surface area contributed by atoms with Gasteiger partial charge in [0, 0.05) is 48.3 Å². The summed E-state index contributed by atoms with van der Waals surface area (Å²) in [7, 11) is -3.62. The number of aliphatic hydroxyl groups is 1. The number of likely N-dealkylation sites (tertiary alicyclic amines) is 1. The molecule has 1 N–H and O–H groups in total. The number of carbonyl (C=O) groups is 4. The molecule has 3 amide bonds. The van der Waals surface area contributed by atoms with Gasteiger partial charge in [0.05, 0.1) is 48.7 Å². The lowest BCUT2D eigenvalue weighted by Crippen LogP contribution is -2.54. The molecule has 2 aromatic rings. The van der Waals surface area contributed by atoms with Crippen molar-refractivity contribution in [1.82, 2.24) is 4.90 Å². The highest BCUT2D eigenvalue weighted by atomic mass is 28.4. The number of hydrogen-bond acceptors (Lipinski definition) is 9. The molecule has 15 heteroatoms. The van der Waals surface area contributed by atoms with Crippen molar-refractivity contribution >= 4 is 49.2 Å². The second kappa shape index (κ2) is 12.3. The first-order valence-corrected chi connectivity index (χ1v) is 19.1. The Morgan fingerprint density at radius 3 is 2.60 bits per heavy atom. The van der Waals surface area contributed by atoms with Gasteiger partial charge in [-0.2, -0.15) is 0 Å². The second-order valence-electron chi connectivity index (χ2n) is 13.6. The zero-order chi connectivity index (χ0) is 34.7. The van der Waals surface area contributed by atoms with Crippen LogP contribution in [0.15, 0.2) is 42.5 Å². The molecule has 4 aliphatic heterocycles. The Balaban J connectivity index is 1.37. The third-order valence-electron chi connectivity index (χ3n) is 10.2. The Morgan fingerprint density at radius 2 is 1.96 bits per heavy atom. The van der Waals surface area contributed by atoms with Gasteiger partial charge in [0.25, 0.3) is 11.6 Å². The van der Waals surface area contributed by atoms with Crippen molar-refractivity contribution in [2.75, 3.05) is 23.0 Å². The number of hydrogen-bond donors (Lipinski definition) is 1. The molecular weight excluding hydrogens is 643 g/mol. The standard InChI is InChI=1S/C33H39FN4O9Si/c1-19-31(48(3,4)34)27(15-28(41)35-12-6-9-24(35)18-39)47-33(19)25-14-23(38(44)45)10-11-26(25)36(32(33)43)17-21-7-5-8-22(13-21)37-29(42)16-30(37)46-20(2)40/h5,7-8,10-11,13-14,19,24,27,30-31,39H,6,9,12,15-18H2,1-4H3/t19-,24-,27+,30?,31-,33+/m0/s1. The van der Waals surface area contributed by atoms with Crippen LogP contribution in [-0.2, 0) is 40.8 Å². The third kappa shape index (κ3) is 5.56. The van der Waals surface area contributed by atoms with Crippen LogP contribution >= 0.6 is 0 Å². The summed E-state index contributed by atoms with van der Waals surface area (Å²) in [6.45, 7) is 6.26. The first-order valence-electron chi connectivity index (χ1n) is 16.1. The molecule has 256 valence electrons. The van der Waals surface area contributed by atoms with Gasteiger partial charge in [-0.15, -0.1) is 0 Å². The topological polar surface area (TPSA) is 160 Å². The summed E-state index contributed by atoms with van der Waals surface area (Å²) in [4.78, 5) is 68.0. The molecule has 1 spiro atoms. The van der Waals surface area contributed by atoms with Crippen LogP contribution in [0, 0.1) is 16.0 Å². The number of amides is 3. The maximum Gasteiger partial charge on any atom is 0.304 e. The molecule has 6 rings (SSSR count). The Bertz CT molecular complexity index is 1680. The van der Waals surface area contributed by atoms with E-state index in [-0.39, 0.29) is 55.1 Å². The fourth-order valence-electron chi connectivity index (χ4n) is 8.12. The molecule has 6 atom stereocenters. The molecule has 0 saturated carbocycles. The lowest BCUT2D eigenvalue weighted by molar-refractivity contribution is -0.385. The molecule has 13 nitrogen and oxygen atoms in total. The second-order valence-corrected chi connectivity index (χ2v) is 17.4. The highest BCUT2D eigenvalue weighted by molar-refractivity contribution is 6.72. The van der Waals surface area contributed by atoms with Gasteiger partial charge in [-0.1, -0.05) is 19.1 Å². The summed E-state index contributed by atoms with van der Waals surface area (Å²) in [5, 5.41) is 21.7. The van der Waals surface area contributed by atoms with Gasteiger partial charge in [-0.3, -0.25) is 34.2 Å². The van der Waals surface area contributed by atoms with Crippen molar-refractivity contribution in [3.63, 3.8) is 0 Å². The fraction of sp³-hybridized carbons (Fsp3) is 0.515. The van der Waals surface area contributed by atoms with E-state index in [9.17, 15) is 34.4 Å². The lowest BCUT2D eigenvalue weighted by atomic mass is 9.82. The summed E-state index contributed by atoms with van der Waals surface area (Å²) in [6, 6.07) is 10.6. The minimum atomic E-state index is -3.62. The molecule has 2 aromatic carbocycles. The highest BCUT2D eigenvalue weighted by Gasteiger charge is 2.67. The SMILES string of the molecule is CC(=O)OC1CC(=O)N1c1cccc(CN2C(=O)[C@]3(O[C@H](CC(=O)N4CCC[C@H]4CO)[C@@H]([Si](C)(C)F)[C@@H]3C)c3cc([N+](=O)[O-])ccc32)c1. The van der Waals surface area contributed by atoms with Gasteiger partial charge in [0.15, 0.2) is 11.8 Å². The van der Waals surface area contributed by atoms with E-state index in [0.29, 0.717) is 29.9 Å². The number of nitro benzene ring substituents is 1. The van der Waals surface area contributed by atoms with E-state index in [4.69, 9.17) is 9.47 Å². The monoisotopic (exact) mass is 682 g/mol. The Morgan fingerprint density at radius 1 is 1.21 bits per heavy atom. The molecule has 3 fully saturated rings. The van der Waals surface area contributed by atoms with Gasteiger partial charge < -0.3 is 28.5 Å². The Kier molecular flexibility index (Phi) is 8.66. The number of nitrogens with zero attached hydrogens (tertiary/aromatic N) is 4. The molecule has 1 unspecified atom stereocenters. The number of esters is 1. The van der Waals surface area contributed by atoms with Crippen molar-refractivity contribution in [2.24, 2.45) is 5.92 Å². The van der Waals surface area contributed by atoms with E-state index in [0.717, 1.165) is 6.42 Å². The zero-order valence-corrected chi connectivity index (χ0v) is 28.3. The van der Waals surface area contributed by atoms with Crippen LogP contribution in [0.3, 0.4) is 0 Å². The van der Waals surface area contributed by atoms with E-state index in [1.165, 1.54) is 48.0 Å². The van der Waals surface area contributed by atoms with Crippen LogP contribution in [0.4, 0.5) is 21.2 Å². The highest BCUT2D eigenvalue weighted by Crippen LogP contribution is 2.60. The largest absolute Gasteiger partial charge is 0.441 e. The lowest BCUT2D eigenvalue weighted by Gasteiger charge is -2.39. The summed E-state index contributed by atoms with van der Waals surface area (Å²) in [6.07, 6.45) is -0.472. The number of halogens is 1. The zero-order valence-electron chi connectivity index (χ0n) is 27.3. The molecule has 0 radical (unpaired) electrons. The molecule has 48 heavy (non-hydrogen) atoms. The fourth-order valence-corrected chi connectivity index (χ4v) is 10.6. The van der Waals surface area contributed by atoms with E-state index >= 15 is 4.11 Å². The number of benzene rings is 2. The predicted octanol–water partition coefficient (Wildman–Crippen LogP) is 3.92. The van der Waals surface area contributed by atoms with Gasteiger partial charge in [0.2, 0.25) is 20.2 Å². The maximum atomic E-state index is 16.3. The van der Waals surface area contributed by atoms with Crippen LogP contribution in [0.2, 0.25) is 18.6 Å². The number of carbonyl (C=O) groups excluding carboxylic acids is 4. The number of aliphatic hydroxyl groups excluding tert-OH is 1. The van der Waals surface area contributed by atoms with Crippen molar-refractivity contribution in [3.8, 4) is 0 Å². The quantitative estimate of drug-likeness (QED) is 0.103. The molecule has 4 aliphatic rings. The van der Waals surface area contributed by atoms with Gasteiger partial charge in [-0.05, 0) is 49.7 Å². The average Bonchev–Trinajstić information content (AvgIpc) is 3.67. The molecular formula is C33H39FN4O9Si. The van der Waals surface area contributed by atoms with Crippen LogP contribution in [0.1, 0.15) is 50.7 Å². The minimum Gasteiger partial charge on any atom is -0.441 e. The van der Waals surface area contributed by atoms with E-state index in [1.54, 1.807) is 36.1 Å². The van der Waals surface area contributed by atoms with Gasteiger partial charge in [-0.25, -0.2) is 0 Å². The van der Waals surface area contributed by atoms with Crippen molar-refractivity contribution in [2.45, 2.75) is 88.7 Å². The molecule has 0 aliphatic carbocycles. The van der Waals surface area contributed by atoms with Gasteiger partial charge in [0.1, 0.15) is 0 Å². The number of anilines is 2. The van der Waals surface area contributed by atoms with Crippen molar-refractivity contribution in [1.29, 1.82) is 0 Å². The molecule has 3 saturated heterocycles. The smallest absolute Gasteiger partial charge is 0.304 e. The van der Waals surface area contributed by atoms with E-state index in [1.807, 2.05) is 0 Å². The van der Waals surface area contributed by atoms with E-state index in [2.05, 4.69) is 0 Å². The first kappa shape index (κ1) is 33.7. The number of non-ortho nitro benzene ring substituents is 1. The molecule has 4 heterocycles. The summed E-state index contributed by atoms with van der Waals surface area (Å²) >= 11 is 0. The normalized spacial score (nSPS) is 28.2. The molecule has 0 bridgehead atoms. The Hall–Kier alpha value is -4.21. The van der Waals surface area contributed by atoms with Crippen LogP contribution in [0.25, 0.3) is 0 Å². The van der Waals surface area contributed by atoms with Crippen LogP contribution < -0.4 is 9.80 Å². The summed E-state index contributed by atoms with van der Waals surface area (Å²) in [5.74, 6) is -2.35. The summed E-state index contributed by atoms with van der Waals surface area (Å²) in [5.41, 5.74) is -1.16. The van der Waals surface area contributed by atoms with Crippen molar-refractivity contribution < 1.29 is 42.8 Å². The molecule has 0 aromatic heterocycles. The van der Waals surface area contributed by atoms with Crippen LogP contribution in [0.5, 0.6) is 0 Å². The number of β-lactam (4-membered cyclic amide) rings is 1. The van der Waals surface area contributed by atoms with E-state index < -0.39 is 54.6 Å². The minimum absolute atomic E-state index is 0.00769. The number of fused-ring (bicyclic) bond motifs is 2. The third-order valence-corrected chi connectivity index (χ3v) is 12.6. The number of rotatable bonds is 9. The Labute approximate surface area is 277 Å². The van der Waals surface area contributed by atoms with Crippen molar-refractivity contribution in [3.05, 3.63) is 63.7 Å². The predicted molar refractivity (Wildman–Crippen MR) is 173 cm³/mol. The van der Waals surface area contributed by atoms with Gasteiger partial charge >= 0.3 is 5.97 Å². The first-order chi connectivity index (χ1) is 22.7. The maximum absolute atomic E-state index is 16.3. The average molecular weight is 683 g/mol. The number of ether oxygens (including phenoxy) is 2. The number of nitro groups is 1. The summed E-state index contributed by atoms with van der Waals surface area (Å²) < 4.78 is 28.1. The van der Waals surface area contributed by atoms with Crippen LogP contribution in [-0.4, -0.2) is 78.6 Å².